The minimum absolute atomic E-state index is 0.206. The highest BCUT2D eigenvalue weighted by atomic mass is 32.1. The second kappa shape index (κ2) is 5.87. The molecule has 6 nitrogen and oxygen atoms in total. The zero-order valence-electron chi connectivity index (χ0n) is 10.1. The lowest BCUT2D eigenvalue weighted by molar-refractivity contribution is 0.0950. The number of nitrogens with one attached hydrogen (secondary N) is 2. The molecule has 2 rings (SSSR count). The fourth-order valence-corrected chi connectivity index (χ4v) is 2.73. The number of anilines is 1. The molecule has 0 aliphatic carbocycles. The van der Waals surface area contributed by atoms with Crippen molar-refractivity contribution in [1.82, 2.24) is 20.5 Å². The highest BCUT2D eigenvalue weighted by molar-refractivity contribution is 7.17. The Morgan fingerprint density at radius 3 is 2.89 bits per heavy atom. The summed E-state index contributed by atoms with van der Waals surface area (Å²) >= 11 is 2.82. The van der Waals surface area contributed by atoms with Gasteiger partial charge in [0.05, 0.1) is 11.6 Å². The molecule has 0 bridgehead atoms. The first-order valence-corrected chi connectivity index (χ1v) is 7.09. The summed E-state index contributed by atoms with van der Waals surface area (Å²) in [5.41, 5.74) is 0. The number of thiazole rings is 1. The van der Waals surface area contributed by atoms with E-state index in [0.29, 0.717) is 16.7 Å². The summed E-state index contributed by atoms with van der Waals surface area (Å²) < 4.78 is 0. The maximum absolute atomic E-state index is 11.8. The highest BCUT2D eigenvalue weighted by Gasteiger charge is 2.12. The van der Waals surface area contributed by atoms with Gasteiger partial charge in [-0.3, -0.25) is 4.79 Å². The van der Waals surface area contributed by atoms with Crippen LogP contribution in [0.3, 0.4) is 0 Å². The Morgan fingerprint density at radius 2 is 2.22 bits per heavy atom. The van der Waals surface area contributed by atoms with Gasteiger partial charge in [-0.2, -0.15) is 0 Å². The van der Waals surface area contributed by atoms with Gasteiger partial charge in [0, 0.05) is 17.6 Å². The van der Waals surface area contributed by atoms with Crippen LogP contribution in [0.2, 0.25) is 0 Å². The van der Waals surface area contributed by atoms with Gasteiger partial charge >= 0.3 is 0 Å². The van der Waals surface area contributed by atoms with Crippen molar-refractivity contribution >= 4 is 33.7 Å². The average Bonchev–Trinajstić information content (AvgIpc) is 2.96. The Bertz CT molecular complexity index is 536. The third-order valence-electron chi connectivity index (χ3n) is 2.04. The Labute approximate surface area is 112 Å². The van der Waals surface area contributed by atoms with E-state index in [-0.39, 0.29) is 5.91 Å². The highest BCUT2D eigenvalue weighted by Crippen LogP contribution is 2.15. The third-order valence-corrected chi connectivity index (χ3v) is 3.83. The zero-order chi connectivity index (χ0) is 13.0. The molecule has 2 N–H and O–H groups in total. The van der Waals surface area contributed by atoms with Crippen molar-refractivity contribution in [2.75, 3.05) is 11.9 Å². The second-order valence-electron chi connectivity index (χ2n) is 3.47. The molecule has 2 aromatic heterocycles. The lowest BCUT2D eigenvalue weighted by atomic mass is 10.5. The molecule has 0 spiro atoms. The van der Waals surface area contributed by atoms with Gasteiger partial charge in [-0.25, -0.2) is 4.98 Å². The number of carbonyl (C=O) groups excluding carboxylic acids is 1. The molecule has 0 aliphatic heterocycles. The molecule has 0 saturated carbocycles. The van der Waals surface area contributed by atoms with Crippen molar-refractivity contribution in [2.45, 2.75) is 20.4 Å². The topological polar surface area (TPSA) is 79.8 Å². The second-order valence-corrected chi connectivity index (χ2v) is 5.77. The van der Waals surface area contributed by atoms with Crippen LogP contribution < -0.4 is 10.6 Å². The molecule has 2 heterocycles. The Morgan fingerprint density at radius 1 is 1.39 bits per heavy atom. The van der Waals surface area contributed by atoms with E-state index in [4.69, 9.17) is 0 Å². The van der Waals surface area contributed by atoms with Crippen molar-refractivity contribution in [2.24, 2.45) is 0 Å². The summed E-state index contributed by atoms with van der Waals surface area (Å²) in [4.78, 5) is 16.9. The van der Waals surface area contributed by atoms with Crippen molar-refractivity contribution in [3.63, 3.8) is 0 Å². The van der Waals surface area contributed by atoms with Crippen molar-refractivity contribution in [3.05, 3.63) is 21.1 Å². The van der Waals surface area contributed by atoms with Crippen LogP contribution in [-0.4, -0.2) is 27.6 Å². The van der Waals surface area contributed by atoms with E-state index in [1.54, 1.807) is 17.5 Å². The van der Waals surface area contributed by atoms with Crippen molar-refractivity contribution in [1.29, 1.82) is 0 Å². The van der Waals surface area contributed by atoms with E-state index in [9.17, 15) is 4.79 Å². The molecule has 96 valence electrons. The summed E-state index contributed by atoms with van der Waals surface area (Å²) in [6.45, 7) is 5.13. The average molecular weight is 283 g/mol. The largest absolute Gasteiger partial charge is 0.360 e. The molecule has 0 unspecified atom stereocenters. The predicted octanol–water partition coefficient (Wildman–Crippen LogP) is 1.66. The maximum atomic E-state index is 11.8. The Balaban J connectivity index is 1.90. The normalized spacial score (nSPS) is 10.3. The summed E-state index contributed by atoms with van der Waals surface area (Å²) in [5, 5.41) is 15.5. The number of rotatable bonds is 5. The van der Waals surface area contributed by atoms with Crippen LogP contribution in [0.1, 0.15) is 26.6 Å². The van der Waals surface area contributed by atoms with E-state index >= 15 is 0 Å². The molecule has 2 aromatic rings. The number of hydrogen-bond acceptors (Lipinski definition) is 7. The van der Waals surface area contributed by atoms with Crippen LogP contribution in [0.5, 0.6) is 0 Å². The molecule has 8 heteroatoms. The maximum Gasteiger partial charge on any atom is 0.282 e. The molecule has 1 amide bonds. The number of hydrogen-bond donors (Lipinski definition) is 2. The van der Waals surface area contributed by atoms with E-state index in [1.807, 2.05) is 13.8 Å². The first-order valence-electron chi connectivity index (χ1n) is 5.46. The summed E-state index contributed by atoms with van der Waals surface area (Å²) in [6.07, 6.45) is 1.77. The number of amides is 1. The minimum Gasteiger partial charge on any atom is -0.360 e. The molecule has 18 heavy (non-hydrogen) atoms. The van der Waals surface area contributed by atoms with Gasteiger partial charge < -0.3 is 10.6 Å². The van der Waals surface area contributed by atoms with Crippen LogP contribution in [0, 0.1) is 6.92 Å². The van der Waals surface area contributed by atoms with Gasteiger partial charge in [0.1, 0.15) is 0 Å². The predicted molar refractivity (Wildman–Crippen MR) is 72.1 cm³/mol. The van der Waals surface area contributed by atoms with E-state index in [1.165, 1.54) is 11.3 Å². The van der Waals surface area contributed by atoms with Gasteiger partial charge in [0.15, 0.2) is 0 Å². The molecule has 0 radical (unpaired) electrons. The molecular weight excluding hydrogens is 270 g/mol. The molecule has 0 saturated heterocycles. The van der Waals surface area contributed by atoms with Crippen LogP contribution in [-0.2, 0) is 6.54 Å². The van der Waals surface area contributed by atoms with E-state index in [0.717, 1.165) is 16.4 Å². The smallest absolute Gasteiger partial charge is 0.282 e. The standard InChI is InChI=1S/C10H13N5OS2/c1-3-11-10-15-14-9(18-10)8(16)13-5-7-4-12-6(2)17-7/h4H,3,5H2,1-2H3,(H,11,15)(H,13,16). The molecule has 0 atom stereocenters. The summed E-state index contributed by atoms with van der Waals surface area (Å²) in [6, 6.07) is 0. The quantitative estimate of drug-likeness (QED) is 0.872. The summed E-state index contributed by atoms with van der Waals surface area (Å²) in [5.74, 6) is -0.206. The SMILES string of the molecule is CCNc1nnc(C(=O)NCc2cnc(C)s2)s1. The van der Waals surface area contributed by atoms with Crippen molar-refractivity contribution < 1.29 is 4.79 Å². The Kier molecular flexibility index (Phi) is 4.21. The number of nitrogens with zero attached hydrogens (tertiary/aromatic N) is 3. The van der Waals surface area contributed by atoms with Gasteiger partial charge in [-0.15, -0.1) is 21.5 Å². The molecule has 0 fully saturated rings. The lowest BCUT2D eigenvalue weighted by Gasteiger charge is -1.98. The van der Waals surface area contributed by atoms with Crippen LogP contribution >= 0.6 is 22.7 Å². The van der Waals surface area contributed by atoms with Gasteiger partial charge in [-0.1, -0.05) is 11.3 Å². The van der Waals surface area contributed by atoms with Gasteiger partial charge in [0.25, 0.3) is 5.91 Å². The van der Waals surface area contributed by atoms with Gasteiger partial charge in [0.2, 0.25) is 10.1 Å². The lowest BCUT2D eigenvalue weighted by Crippen LogP contribution is -2.22. The molecule has 0 aliphatic rings. The minimum atomic E-state index is -0.206. The van der Waals surface area contributed by atoms with Crippen LogP contribution in [0.15, 0.2) is 6.20 Å². The molecular formula is C10H13N5OS2. The van der Waals surface area contributed by atoms with Crippen LogP contribution in [0.25, 0.3) is 0 Å². The Hall–Kier alpha value is -1.54. The number of aromatic nitrogens is 3. The zero-order valence-corrected chi connectivity index (χ0v) is 11.7. The fourth-order valence-electron chi connectivity index (χ4n) is 1.27. The fraction of sp³-hybridized carbons (Fsp3) is 0.400. The monoisotopic (exact) mass is 283 g/mol. The van der Waals surface area contributed by atoms with E-state index < -0.39 is 0 Å². The van der Waals surface area contributed by atoms with Gasteiger partial charge in [-0.05, 0) is 13.8 Å². The molecule has 0 aromatic carbocycles. The van der Waals surface area contributed by atoms with E-state index in [2.05, 4.69) is 25.8 Å². The van der Waals surface area contributed by atoms with Crippen molar-refractivity contribution in [3.8, 4) is 0 Å². The first-order chi connectivity index (χ1) is 8.69. The first kappa shape index (κ1) is 12.9. The third kappa shape index (κ3) is 3.23. The number of aryl methyl sites for hydroxylation is 1. The van der Waals surface area contributed by atoms with Crippen LogP contribution in [0.4, 0.5) is 5.13 Å². The number of carbonyl (C=O) groups is 1. The summed E-state index contributed by atoms with van der Waals surface area (Å²) in [7, 11) is 0.